The maximum Gasteiger partial charge on any atom is 0.185 e. The van der Waals surface area contributed by atoms with Crippen LogP contribution in [0.4, 0.5) is 0 Å². The van der Waals surface area contributed by atoms with Crippen molar-refractivity contribution in [1.82, 2.24) is 0 Å². The lowest BCUT2D eigenvalue weighted by Crippen LogP contribution is -2.60. The third kappa shape index (κ3) is 10.5. The summed E-state index contributed by atoms with van der Waals surface area (Å²) in [6, 6.07) is 82.8. The van der Waals surface area contributed by atoms with Crippen LogP contribution in [0.15, 0.2) is 243 Å². The van der Waals surface area contributed by atoms with Crippen LogP contribution < -0.4 is 0 Å². The first-order valence-electron chi connectivity index (χ1n) is 23.7. The Hall–Kier alpha value is -5.75. The summed E-state index contributed by atoms with van der Waals surface area (Å²) in [5.74, 6) is 0. The maximum atomic E-state index is 13.0. The number of aliphatic hydroxyl groups is 1. The Labute approximate surface area is 409 Å². The molecule has 0 radical (unpaired) electrons. The van der Waals surface area contributed by atoms with E-state index in [1.807, 2.05) is 97.1 Å². The van der Waals surface area contributed by atoms with Gasteiger partial charge in [0.15, 0.2) is 30.6 Å². The zero-order valence-electron chi connectivity index (χ0n) is 41.3. The molecule has 68 heavy (non-hydrogen) atoms. The molecule has 0 amide bonds. The van der Waals surface area contributed by atoms with Crippen molar-refractivity contribution in [2.75, 3.05) is 0 Å². The van der Waals surface area contributed by atoms with Crippen molar-refractivity contribution in [3.05, 3.63) is 287 Å². The second-order valence-electron chi connectivity index (χ2n) is 20.3. The first-order valence-corrected chi connectivity index (χ1v) is 34.0. The highest BCUT2D eigenvalue weighted by molar-refractivity contribution is 6.70. The van der Waals surface area contributed by atoms with E-state index in [1.165, 1.54) is 0 Å². The monoisotopic (exact) mass is 948 g/mol. The lowest BCUT2D eigenvalue weighted by molar-refractivity contribution is -0.101. The summed E-state index contributed by atoms with van der Waals surface area (Å²) in [6.45, 7) is 20.1. The van der Waals surface area contributed by atoms with Crippen LogP contribution in [0, 0.1) is 0 Å². The molecule has 1 N–H and O–H groups in total. The van der Waals surface area contributed by atoms with Crippen LogP contribution in [-0.2, 0) is 35.7 Å². The van der Waals surface area contributed by atoms with Crippen LogP contribution in [0.5, 0.6) is 0 Å². The average Bonchev–Trinajstić information content (AvgIpc) is 3.35. The fraction of sp³-hybridized carbons (Fsp3) is 0.213. The van der Waals surface area contributed by atoms with Gasteiger partial charge >= 0.3 is 0 Å². The molecule has 0 bridgehead atoms. The molecule has 0 heterocycles. The van der Waals surface area contributed by atoms with E-state index >= 15 is 0 Å². The summed E-state index contributed by atoms with van der Waals surface area (Å²) in [7, 11) is -6.54. The molecule has 0 fully saturated rings. The lowest BCUT2D eigenvalue weighted by Gasteiger charge is -2.55. The molecule has 0 aromatic heterocycles. The van der Waals surface area contributed by atoms with Crippen LogP contribution in [0.3, 0.4) is 0 Å². The molecule has 7 heteroatoms. The normalized spacial score (nSPS) is 12.7. The fourth-order valence-electron chi connectivity index (χ4n) is 9.65. The van der Waals surface area contributed by atoms with Gasteiger partial charge in [-0.2, -0.15) is 0 Å². The fourth-order valence-corrected chi connectivity index (χ4v) is 13.5. The number of benzene rings is 8. The minimum Gasteiger partial charge on any atom is -0.401 e. The molecule has 0 aliphatic rings. The van der Waals surface area contributed by atoms with Crippen LogP contribution in [0.25, 0.3) is 0 Å². The molecule has 8 rings (SSSR count). The van der Waals surface area contributed by atoms with Crippen molar-refractivity contribution in [3.8, 4) is 0 Å². The van der Waals surface area contributed by atoms with E-state index in [2.05, 4.69) is 205 Å². The molecule has 4 nitrogen and oxygen atoms in total. The number of rotatable bonds is 16. The van der Waals surface area contributed by atoms with E-state index in [4.69, 9.17) is 13.3 Å². The molecule has 0 saturated heterocycles. The van der Waals surface area contributed by atoms with Gasteiger partial charge in [-0.05, 0) is 103 Å². The minimum absolute atomic E-state index is 0.789. The molecular weight excluding hydrogens is 881 g/mol. The minimum atomic E-state index is -2.19. The van der Waals surface area contributed by atoms with Crippen molar-refractivity contribution in [3.63, 3.8) is 0 Å². The molecule has 0 saturated carbocycles. The van der Waals surface area contributed by atoms with Crippen molar-refractivity contribution < 1.29 is 18.4 Å². The summed E-state index contributed by atoms with van der Waals surface area (Å²) in [6.07, 6.45) is 0. The smallest absolute Gasteiger partial charge is 0.185 e. The SMILES string of the molecule is C[Si](C)(C)OC(c1ccccc1)(c1ccccc1)C(O)(c1ccccc1)c1ccccc1.C[Si](C)(C)OC(c1ccccc1)(c1ccccc1)C(O[Si](C)(C)C)(c1ccccc1)c1ccccc1. The van der Waals surface area contributed by atoms with Crippen LogP contribution >= 0.6 is 0 Å². The van der Waals surface area contributed by atoms with Gasteiger partial charge in [-0.3, -0.25) is 0 Å². The Balaban J connectivity index is 0.000000203. The van der Waals surface area contributed by atoms with E-state index in [1.54, 1.807) is 0 Å². The number of hydrogen-bond donors (Lipinski definition) is 1. The van der Waals surface area contributed by atoms with Gasteiger partial charge in [0.1, 0.15) is 16.8 Å². The summed E-state index contributed by atoms with van der Waals surface area (Å²) in [5.41, 5.74) is 3.29. The largest absolute Gasteiger partial charge is 0.401 e. The molecule has 0 atom stereocenters. The van der Waals surface area contributed by atoms with E-state index < -0.39 is 47.4 Å². The Morgan fingerprint density at radius 3 is 0.559 bits per heavy atom. The summed E-state index contributed by atoms with van der Waals surface area (Å²) >= 11 is 0. The van der Waals surface area contributed by atoms with Gasteiger partial charge in [0.05, 0.1) is 0 Å². The van der Waals surface area contributed by atoms with Crippen LogP contribution in [0.1, 0.15) is 44.5 Å². The predicted octanol–water partition coefficient (Wildman–Crippen LogP) is 15.3. The van der Waals surface area contributed by atoms with E-state index in [0.717, 1.165) is 44.5 Å². The van der Waals surface area contributed by atoms with Crippen molar-refractivity contribution in [1.29, 1.82) is 0 Å². The molecule has 8 aromatic carbocycles. The third-order valence-corrected chi connectivity index (χ3v) is 14.6. The molecule has 0 spiro atoms. The Bertz CT molecular complexity index is 2480. The molecule has 0 aliphatic heterocycles. The van der Waals surface area contributed by atoms with Crippen LogP contribution in [0.2, 0.25) is 58.9 Å². The Morgan fingerprint density at radius 2 is 0.382 bits per heavy atom. The molecular formula is C61H68O4Si3. The van der Waals surface area contributed by atoms with E-state index in [9.17, 15) is 5.11 Å². The second-order valence-corrected chi connectivity index (χ2v) is 33.6. The van der Waals surface area contributed by atoms with E-state index in [-0.39, 0.29) is 0 Å². The standard InChI is InChI=1S/C32H38O2Si2.C29H30O2Si/c1-35(2,3)33-31(27-19-11-7-12-20-27,28-21-13-8-14-22-28)32(34-36(4,5)6,29-23-15-9-16-24-29)30-25-17-10-18-26-30;1-32(2,3)31-29(26-20-12-6-13-21-26,27-22-14-7-15-23-27)28(30,24-16-8-4-9-17-24)25-18-10-5-11-19-25/h7-26H,1-6H3;4-23,30H,1-3H3. The lowest BCUT2D eigenvalue weighted by atomic mass is 9.66. The van der Waals surface area contributed by atoms with Crippen molar-refractivity contribution >= 4 is 25.0 Å². The molecule has 348 valence electrons. The maximum absolute atomic E-state index is 13.0. The quantitative estimate of drug-likeness (QED) is 0.0981. The first-order chi connectivity index (χ1) is 32.5. The zero-order chi connectivity index (χ0) is 48.5. The van der Waals surface area contributed by atoms with Crippen molar-refractivity contribution in [2.45, 2.75) is 81.3 Å². The average molecular weight is 949 g/mol. The first kappa shape index (κ1) is 50.1. The second kappa shape index (κ2) is 20.9. The highest BCUT2D eigenvalue weighted by Crippen LogP contribution is 2.57. The van der Waals surface area contributed by atoms with Gasteiger partial charge in [0.25, 0.3) is 0 Å². The van der Waals surface area contributed by atoms with E-state index in [0.29, 0.717) is 0 Å². The van der Waals surface area contributed by atoms with Gasteiger partial charge in [0, 0.05) is 0 Å². The molecule has 0 unspecified atom stereocenters. The third-order valence-electron chi connectivity index (χ3n) is 11.8. The van der Waals surface area contributed by atoms with Crippen LogP contribution in [-0.4, -0.2) is 30.1 Å². The van der Waals surface area contributed by atoms with Gasteiger partial charge in [0.2, 0.25) is 0 Å². The van der Waals surface area contributed by atoms with Crippen molar-refractivity contribution in [2.24, 2.45) is 0 Å². The Kier molecular flexibility index (Phi) is 15.4. The Morgan fingerprint density at radius 1 is 0.235 bits per heavy atom. The summed E-state index contributed by atoms with van der Waals surface area (Å²) < 4.78 is 22.3. The highest BCUT2D eigenvalue weighted by atomic mass is 28.4. The van der Waals surface area contributed by atoms with Gasteiger partial charge in [-0.25, -0.2) is 0 Å². The number of hydrogen-bond acceptors (Lipinski definition) is 4. The predicted molar refractivity (Wildman–Crippen MR) is 290 cm³/mol. The zero-order valence-corrected chi connectivity index (χ0v) is 44.3. The summed E-state index contributed by atoms with van der Waals surface area (Å²) in [4.78, 5) is 0. The van der Waals surface area contributed by atoms with Gasteiger partial charge in [-0.1, -0.05) is 243 Å². The highest BCUT2D eigenvalue weighted by Gasteiger charge is 2.61. The van der Waals surface area contributed by atoms with Gasteiger partial charge in [-0.15, -0.1) is 0 Å². The van der Waals surface area contributed by atoms with Gasteiger partial charge < -0.3 is 18.4 Å². The topological polar surface area (TPSA) is 47.9 Å². The summed E-state index contributed by atoms with van der Waals surface area (Å²) in [5, 5.41) is 13.0. The molecule has 8 aromatic rings. The molecule has 0 aliphatic carbocycles.